The van der Waals surface area contributed by atoms with E-state index in [2.05, 4.69) is 88.1 Å². The van der Waals surface area contributed by atoms with Gasteiger partial charge in [0.1, 0.15) is 0 Å². The maximum atomic E-state index is 6.12. The Bertz CT molecular complexity index is 521. The van der Waals surface area contributed by atoms with E-state index in [1.165, 1.54) is 19.6 Å². The summed E-state index contributed by atoms with van der Waals surface area (Å²) in [6, 6.07) is 0. The van der Waals surface area contributed by atoms with E-state index in [0.717, 1.165) is 39.3 Å². The van der Waals surface area contributed by atoms with Gasteiger partial charge in [0.05, 0.1) is 0 Å². The molecule has 3 aliphatic rings. The van der Waals surface area contributed by atoms with Gasteiger partial charge in [-0.2, -0.15) is 0 Å². The predicted molar refractivity (Wildman–Crippen MR) is 142 cm³/mol. The third kappa shape index (κ3) is 7.24. The summed E-state index contributed by atoms with van der Waals surface area (Å²) in [6.45, 7) is 34.6. The van der Waals surface area contributed by atoms with Gasteiger partial charge in [-0.1, -0.05) is 69.2 Å². The van der Waals surface area contributed by atoms with Crippen LogP contribution in [0.5, 0.6) is 0 Å². The second-order valence-electron chi connectivity index (χ2n) is 11.5. The molecule has 0 atom stereocenters. The summed E-state index contributed by atoms with van der Waals surface area (Å²) in [5.41, 5.74) is 1.28. The molecule has 3 fully saturated rings. The standard InChI is InChI=1S/C24H53N5P2/c1-20(2)17-27-14-11-26-12-15-28(18-21(3)4)31(27,25-30(23(7)8)24(9)10)29(16-13-26)19-22(5)6/h20-24H,11-19H2,1-10H3. The number of hydrogen-bond donors (Lipinski definition) is 0. The summed E-state index contributed by atoms with van der Waals surface area (Å²) in [5.74, 6) is 1.98. The zero-order valence-electron chi connectivity index (χ0n) is 22.4. The van der Waals surface area contributed by atoms with E-state index in [1.54, 1.807) is 0 Å². The fraction of sp³-hybridized carbons (Fsp3) is 1.00. The van der Waals surface area contributed by atoms with E-state index in [0.29, 0.717) is 29.1 Å². The van der Waals surface area contributed by atoms with Gasteiger partial charge in [0.2, 0.25) is 0 Å². The Morgan fingerprint density at radius 1 is 0.581 bits per heavy atom. The fourth-order valence-corrected chi connectivity index (χ4v) is 14.1. The summed E-state index contributed by atoms with van der Waals surface area (Å²) >= 11 is 0. The lowest BCUT2D eigenvalue weighted by molar-refractivity contribution is 0.148. The summed E-state index contributed by atoms with van der Waals surface area (Å²) < 4.78 is 14.8. The van der Waals surface area contributed by atoms with Gasteiger partial charge in [0.25, 0.3) is 0 Å². The van der Waals surface area contributed by atoms with Crippen LogP contribution in [0.2, 0.25) is 0 Å². The highest BCUT2D eigenvalue weighted by atomic mass is 31.2. The zero-order valence-corrected chi connectivity index (χ0v) is 24.2. The summed E-state index contributed by atoms with van der Waals surface area (Å²) in [6.07, 6.45) is 0. The molecule has 0 aromatic carbocycles. The summed E-state index contributed by atoms with van der Waals surface area (Å²) in [4.78, 5) is 2.72. The van der Waals surface area contributed by atoms with Crippen molar-refractivity contribution in [1.82, 2.24) is 18.9 Å². The predicted octanol–water partition coefficient (Wildman–Crippen LogP) is 6.35. The summed E-state index contributed by atoms with van der Waals surface area (Å²) in [7, 11) is -2.34. The molecule has 7 heteroatoms. The lowest BCUT2D eigenvalue weighted by Gasteiger charge is -2.55. The molecule has 0 radical (unpaired) electrons. The van der Waals surface area contributed by atoms with Crippen molar-refractivity contribution in [1.29, 1.82) is 0 Å². The Morgan fingerprint density at radius 2 is 0.903 bits per heavy atom. The largest absolute Gasteiger partial charge is 0.299 e. The van der Waals surface area contributed by atoms with Crippen molar-refractivity contribution in [3.63, 3.8) is 0 Å². The normalized spacial score (nSPS) is 27.2. The number of rotatable bonds is 9. The van der Waals surface area contributed by atoms with Crippen LogP contribution >= 0.6 is 15.6 Å². The lowest BCUT2D eigenvalue weighted by Crippen LogP contribution is -2.55. The molecule has 3 heterocycles. The van der Waals surface area contributed by atoms with Crippen LogP contribution in [-0.2, 0) is 0 Å². The van der Waals surface area contributed by atoms with Crippen molar-refractivity contribution >= 4 is 15.6 Å². The first kappa shape index (κ1) is 27.7. The van der Waals surface area contributed by atoms with Crippen molar-refractivity contribution in [3.05, 3.63) is 0 Å². The van der Waals surface area contributed by atoms with Gasteiger partial charge in [0, 0.05) is 67.0 Å². The molecule has 0 unspecified atom stereocenters. The van der Waals surface area contributed by atoms with Crippen LogP contribution in [0.3, 0.4) is 0 Å². The average molecular weight is 474 g/mol. The van der Waals surface area contributed by atoms with Crippen molar-refractivity contribution in [2.75, 3.05) is 58.9 Å². The average Bonchev–Trinajstić information content (AvgIpc) is 2.61. The third-order valence-electron chi connectivity index (χ3n) is 6.17. The van der Waals surface area contributed by atoms with E-state index in [4.69, 9.17) is 4.52 Å². The van der Waals surface area contributed by atoms with E-state index < -0.39 is 7.51 Å². The molecule has 3 aliphatic heterocycles. The Kier molecular flexibility index (Phi) is 11.0. The molecular formula is C24H53N5P2. The van der Waals surface area contributed by atoms with E-state index in [-0.39, 0.29) is 8.07 Å². The van der Waals surface area contributed by atoms with E-state index in [9.17, 15) is 0 Å². The highest BCUT2D eigenvalue weighted by Crippen LogP contribution is 2.68. The molecule has 0 aromatic heterocycles. The first-order chi connectivity index (χ1) is 14.5. The monoisotopic (exact) mass is 473 g/mol. The molecule has 0 saturated carbocycles. The SMILES string of the molecule is CC(C)CN1CCN2CCN(CC(C)C)P1(=NP(C(C)C)C(C)C)N(CC(C)C)CC2. The first-order valence-electron chi connectivity index (χ1n) is 12.9. The Morgan fingerprint density at radius 3 is 1.16 bits per heavy atom. The van der Waals surface area contributed by atoms with Crippen LogP contribution < -0.4 is 0 Å². The van der Waals surface area contributed by atoms with Crippen molar-refractivity contribution in [2.45, 2.75) is 80.6 Å². The maximum absolute atomic E-state index is 6.12. The minimum absolute atomic E-state index is 0.384. The lowest BCUT2D eigenvalue weighted by atomic mass is 10.2. The van der Waals surface area contributed by atoms with Crippen LogP contribution in [0.15, 0.2) is 4.52 Å². The van der Waals surface area contributed by atoms with Gasteiger partial charge in [-0.25, -0.2) is 18.5 Å². The third-order valence-corrected chi connectivity index (χ3v) is 13.4. The zero-order chi connectivity index (χ0) is 23.3. The number of hydrogen-bond acceptors (Lipinski definition) is 2. The van der Waals surface area contributed by atoms with Gasteiger partial charge in [-0.3, -0.25) is 4.90 Å². The first-order valence-corrected chi connectivity index (χ1v) is 15.9. The van der Waals surface area contributed by atoms with E-state index >= 15 is 0 Å². The topological polar surface area (TPSA) is 25.3 Å². The molecule has 0 aromatic rings. The van der Waals surface area contributed by atoms with Crippen LogP contribution in [0, 0.1) is 17.8 Å². The second kappa shape index (κ2) is 12.3. The quantitative estimate of drug-likeness (QED) is 0.364. The van der Waals surface area contributed by atoms with Gasteiger partial charge >= 0.3 is 0 Å². The highest BCUT2D eigenvalue weighted by Gasteiger charge is 2.44. The van der Waals surface area contributed by atoms with Crippen LogP contribution in [0.25, 0.3) is 0 Å². The van der Waals surface area contributed by atoms with Crippen LogP contribution in [0.1, 0.15) is 69.2 Å². The molecule has 0 spiro atoms. The minimum Gasteiger partial charge on any atom is -0.299 e. The molecule has 0 aliphatic carbocycles. The summed E-state index contributed by atoms with van der Waals surface area (Å²) in [5, 5.41) is 0. The molecule has 5 nitrogen and oxygen atoms in total. The molecule has 0 N–H and O–H groups in total. The van der Waals surface area contributed by atoms with E-state index in [1.807, 2.05) is 0 Å². The number of nitrogens with zero attached hydrogens (tertiary/aromatic N) is 5. The highest BCUT2D eigenvalue weighted by molar-refractivity contribution is 7.70. The van der Waals surface area contributed by atoms with Crippen molar-refractivity contribution in [3.8, 4) is 0 Å². The smallest absolute Gasteiger partial charge is 0.171 e. The van der Waals surface area contributed by atoms with Crippen molar-refractivity contribution in [2.24, 2.45) is 22.3 Å². The molecule has 31 heavy (non-hydrogen) atoms. The van der Waals surface area contributed by atoms with Crippen molar-refractivity contribution < 1.29 is 0 Å². The molecule has 0 amide bonds. The molecule has 2 bridgehead atoms. The Hall–Kier alpha value is 0.500. The Balaban J connectivity index is 2.79. The molecule has 3 rings (SSSR count). The molecule has 3 saturated heterocycles. The molecular weight excluding hydrogens is 420 g/mol. The van der Waals surface area contributed by atoms with Gasteiger partial charge < -0.3 is 0 Å². The second-order valence-corrected chi connectivity index (χ2v) is 17.8. The number of fused-ring (bicyclic) bond motifs is 6. The van der Waals surface area contributed by atoms with Gasteiger partial charge in [0.15, 0.2) is 7.51 Å². The molecule has 184 valence electrons. The Labute approximate surface area is 196 Å². The minimum atomic E-state index is -1.95. The maximum Gasteiger partial charge on any atom is 0.171 e. The van der Waals surface area contributed by atoms with Crippen LogP contribution in [-0.4, -0.2) is 89.1 Å². The van der Waals surface area contributed by atoms with Gasteiger partial charge in [-0.05, 0) is 29.1 Å². The van der Waals surface area contributed by atoms with Gasteiger partial charge in [-0.15, -0.1) is 0 Å². The fourth-order valence-electron chi connectivity index (χ4n) is 5.02. The van der Waals surface area contributed by atoms with Crippen LogP contribution in [0.4, 0.5) is 0 Å².